The Morgan fingerprint density at radius 2 is 1.65 bits per heavy atom. The fourth-order valence-electron chi connectivity index (χ4n) is 4.44. The van der Waals surface area contributed by atoms with Gasteiger partial charge in [-0.1, -0.05) is 54.1 Å². The monoisotopic (exact) mass is 490 g/mol. The van der Waals surface area contributed by atoms with Crippen LogP contribution in [-0.2, 0) is 12.8 Å². The summed E-state index contributed by atoms with van der Waals surface area (Å²) in [7, 11) is 0. The number of aryl methyl sites for hydroxylation is 4. The molecule has 0 spiro atoms. The molecule has 1 amide bonds. The molecule has 1 fully saturated rings. The predicted molar refractivity (Wildman–Crippen MR) is 140 cm³/mol. The zero-order valence-electron chi connectivity index (χ0n) is 19.4. The maximum atomic E-state index is 13.0. The van der Waals surface area contributed by atoms with E-state index in [0.717, 1.165) is 47.8 Å². The first-order chi connectivity index (χ1) is 16.5. The van der Waals surface area contributed by atoms with Gasteiger partial charge in [0, 0.05) is 37.5 Å². The van der Waals surface area contributed by atoms with E-state index in [9.17, 15) is 4.79 Å². The summed E-state index contributed by atoms with van der Waals surface area (Å²) >= 11 is 8.01. The Kier molecular flexibility index (Phi) is 6.53. The highest BCUT2D eigenvalue weighted by Gasteiger charge is 2.26. The van der Waals surface area contributed by atoms with Crippen molar-refractivity contribution in [2.75, 3.05) is 31.1 Å². The van der Waals surface area contributed by atoms with E-state index in [1.54, 1.807) is 23.5 Å². The maximum Gasteiger partial charge on any atom is 0.255 e. The summed E-state index contributed by atoms with van der Waals surface area (Å²) in [5.74, 6) is 1.87. The molecule has 0 radical (unpaired) electrons. The van der Waals surface area contributed by atoms with Crippen LogP contribution in [0.15, 0.2) is 54.6 Å². The van der Waals surface area contributed by atoms with Gasteiger partial charge in [0.15, 0.2) is 0 Å². The summed E-state index contributed by atoms with van der Waals surface area (Å²) < 4.78 is 0. The second kappa shape index (κ2) is 9.72. The molecule has 5 rings (SSSR count). The Bertz CT molecular complexity index is 1330. The van der Waals surface area contributed by atoms with Crippen LogP contribution in [0.2, 0.25) is 5.02 Å². The smallest absolute Gasteiger partial charge is 0.255 e. The van der Waals surface area contributed by atoms with Gasteiger partial charge < -0.3 is 9.80 Å². The van der Waals surface area contributed by atoms with Gasteiger partial charge >= 0.3 is 0 Å². The average Bonchev–Trinajstić information content (AvgIpc) is 3.16. The third-order valence-corrected chi connectivity index (χ3v) is 7.94. The first-order valence-electron chi connectivity index (χ1n) is 11.6. The minimum Gasteiger partial charge on any atom is -0.352 e. The number of hydrogen-bond acceptors (Lipinski definition) is 5. The van der Waals surface area contributed by atoms with Gasteiger partial charge in [0.05, 0.1) is 16.0 Å². The van der Waals surface area contributed by atoms with Crippen LogP contribution in [0.1, 0.15) is 32.2 Å². The molecule has 0 aliphatic carbocycles. The standard InChI is InChI=1S/C27H27ClN4OS/c1-18-19(2)34-26-24(18)25(29-23(30-26)13-12-20-8-4-3-5-9-20)31-14-16-32(17-15-31)27(33)21-10-6-7-11-22(21)28/h3-11H,12-17H2,1-2H3. The zero-order valence-corrected chi connectivity index (χ0v) is 21.0. The number of piperazine rings is 1. The highest BCUT2D eigenvalue weighted by molar-refractivity contribution is 7.18. The van der Waals surface area contributed by atoms with Crippen molar-refractivity contribution >= 4 is 44.9 Å². The van der Waals surface area contributed by atoms with E-state index in [2.05, 4.69) is 43.0 Å². The Hall–Kier alpha value is -2.96. The summed E-state index contributed by atoms with van der Waals surface area (Å²) in [6.45, 7) is 7.04. The van der Waals surface area contributed by atoms with Crippen molar-refractivity contribution in [1.29, 1.82) is 0 Å². The summed E-state index contributed by atoms with van der Waals surface area (Å²) in [6.07, 6.45) is 1.71. The Labute approximate surface area is 209 Å². The SMILES string of the molecule is Cc1sc2nc(CCc3ccccc3)nc(N3CCN(C(=O)c4ccccc4Cl)CC3)c2c1C. The van der Waals surface area contributed by atoms with E-state index in [1.807, 2.05) is 23.1 Å². The molecule has 1 aliphatic heterocycles. The second-order valence-corrected chi connectivity index (χ2v) is 10.3. The van der Waals surface area contributed by atoms with Crippen molar-refractivity contribution in [2.24, 2.45) is 0 Å². The first kappa shape index (κ1) is 22.8. The molecule has 4 aromatic rings. The topological polar surface area (TPSA) is 49.3 Å². The fourth-order valence-corrected chi connectivity index (χ4v) is 5.70. The lowest BCUT2D eigenvalue weighted by Crippen LogP contribution is -2.49. The zero-order chi connectivity index (χ0) is 23.7. The van der Waals surface area contributed by atoms with Crippen LogP contribution in [0, 0.1) is 13.8 Å². The van der Waals surface area contributed by atoms with Gasteiger partial charge in [-0.2, -0.15) is 0 Å². The third kappa shape index (κ3) is 4.52. The predicted octanol–water partition coefficient (Wildman–Crippen LogP) is 5.71. The van der Waals surface area contributed by atoms with Crippen LogP contribution in [0.4, 0.5) is 5.82 Å². The summed E-state index contributed by atoms with van der Waals surface area (Å²) in [6, 6.07) is 17.7. The number of rotatable bonds is 5. The molecule has 0 N–H and O–H groups in total. The summed E-state index contributed by atoms with van der Waals surface area (Å²) in [5.41, 5.74) is 3.10. The molecule has 2 aromatic carbocycles. The molecule has 0 bridgehead atoms. The number of benzene rings is 2. The molecule has 0 saturated carbocycles. The quantitative estimate of drug-likeness (QED) is 0.359. The Balaban J connectivity index is 1.38. The van der Waals surface area contributed by atoms with Gasteiger partial charge in [-0.3, -0.25) is 4.79 Å². The van der Waals surface area contributed by atoms with Crippen LogP contribution in [-0.4, -0.2) is 47.0 Å². The number of hydrogen-bond donors (Lipinski definition) is 0. The molecular formula is C27H27ClN4OS. The third-order valence-electron chi connectivity index (χ3n) is 6.51. The largest absolute Gasteiger partial charge is 0.352 e. The number of anilines is 1. The molecule has 2 aromatic heterocycles. The lowest BCUT2D eigenvalue weighted by Gasteiger charge is -2.36. The van der Waals surface area contributed by atoms with E-state index < -0.39 is 0 Å². The number of halogens is 1. The van der Waals surface area contributed by atoms with Gasteiger partial charge in [0.1, 0.15) is 16.5 Å². The lowest BCUT2D eigenvalue weighted by molar-refractivity contribution is 0.0747. The molecule has 1 saturated heterocycles. The molecule has 0 atom stereocenters. The first-order valence-corrected chi connectivity index (χ1v) is 12.8. The van der Waals surface area contributed by atoms with Crippen molar-refractivity contribution in [3.05, 3.63) is 87.0 Å². The summed E-state index contributed by atoms with van der Waals surface area (Å²) in [5, 5.41) is 1.65. The minimum atomic E-state index is -0.0100. The van der Waals surface area contributed by atoms with Crippen LogP contribution in [0.3, 0.4) is 0 Å². The highest BCUT2D eigenvalue weighted by Crippen LogP contribution is 2.35. The van der Waals surface area contributed by atoms with Gasteiger partial charge in [-0.05, 0) is 43.5 Å². The Morgan fingerprint density at radius 1 is 0.941 bits per heavy atom. The molecule has 34 heavy (non-hydrogen) atoms. The normalized spacial score (nSPS) is 14.1. The van der Waals surface area contributed by atoms with Crippen molar-refractivity contribution in [3.63, 3.8) is 0 Å². The molecule has 174 valence electrons. The van der Waals surface area contributed by atoms with Gasteiger partial charge in [0.2, 0.25) is 0 Å². The Morgan fingerprint density at radius 3 is 2.38 bits per heavy atom. The molecule has 5 nitrogen and oxygen atoms in total. The highest BCUT2D eigenvalue weighted by atomic mass is 35.5. The molecule has 0 unspecified atom stereocenters. The molecule has 7 heteroatoms. The second-order valence-electron chi connectivity index (χ2n) is 8.67. The minimum absolute atomic E-state index is 0.0100. The molecule has 3 heterocycles. The van der Waals surface area contributed by atoms with Crippen molar-refractivity contribution in [3.8, 4) is 0 Å². The van der Waals surface area contributed by atoms with Gasteiger partial charge in [-0.15, -0.1) is 11.3 Å². The lowest BCUT2D eigenvalue weighted by atomic mass is 10.1. The van der Waals surface area contributed by atoms with E-state index >= 15 is 0 Å². The van der Waals surface area contributed by atoms with Crippen molar-refractivity contribution in [2.45, 2.75) is 26.7 Å². The maximum absolute atomic E-state index is 13.0. The number of aromatic nitrogens is 2. The number of carbonyl (C=O) groups is 1. The van der Waals surface area contributed by atoms with Crippen LogP contribution < -0.4 is 4.90 Å². The molecular weight excluding hydrogens is 464 g/mol. The number of carbonyl (C=O) groups excluding carboxylic acids is 1. The van der Waals surface area contributed by atoms with Crippen molar-refractivity contribution < 1.29 is 4.79 Å². The van der Waals surface area contributed by atoms with E-state index in [0.29, 0.717) is 23.7 Å². The number of nitrogens with zero attached hydrogens (tertiary/aromatic N) is 4. The van der Waals surface area contributed by atoms with E-state index in [-0.39, 0.29) is 5.91 Å². The number of amides is 1. The van der Waals surface area contributed by atoms with E-state index in [1.165, 1.54) is 16.0 Å². The van der Waals surface area contributed by atoms with Gasteiger partial charge in [-0.25, -0.2) is 9.97 Å². The molecule has 1 aliphatic rings. The van der Waals surface area contributed by atoms with Crippen LogP contribution >= 0.6 is 22.9 Å². The fraction of sp³-hybridized carbons (Fsp3) is 0.296. The number of fused-ring (bicyclic) bond motifs is 1. The van der Waals surface area contributed by atoms with Gasteiger partial charge in [0.25, 0.3) is 5.91 Å². The van der Waals surface area contributed by atoms with Crippen LogP contribution in [0.5, 0.6) is 0 Å². The number of thiophene rings is 1. The van der Waals surface area contributed by atoms with E-state index in [4.69, 9.17) is 21.6 Å². The van der Waals surface area contributed by atoms with Crippen LogP contribution in [0.25, 0.3) is 10.2 Å². The summed E-state index contributed by atoms with van der Waals surface area (Å²) in [4.78, 5) is 29.5. The average molecular weight is 491 g/mol. The van der Waals surface area contributed by atoms with Crippen molar-refractivity contribution in [1.82, 2.24) is 14.9 Å².